The molecule has 3 aromatic rings. The van der Waals surface area contributed by atoms with Crippen LogP contribution in [0.4, 0.5) is 10.5 Å². The number of alkyl carbamates (subject to hydrolysis) is 1. The molecule has 0 radical (unpaired) electrons. The number of anilines is 1. The Morgan fingerprint density at radius 1 is 1.06 bits per heavy atom. The minimum Gasteiger partial charge on any atom is -0.445 e. The highest BCUT2D eigenvalue weighted by Crippen LogP contribution is 2.37. The second-order valence-corrected chi connectivity index (χ2v) is 9.27. The van der Waals surface area contributed by atoms with Gasteiger partial charge in [0.1, 0.15) is 6.61 Å². The Kier molecular flexibility index (Phi) is 6.72. The molecule has 184 valence electrons. The number of fused-ring (bicyclic) bond motifs is 1. The molecule has 1 amide bonds. The van der Waals surface area contributed by atoms with Gasteiger partial charge in [0.2, 0.25) is 0 Å². The first kappa shape index (κ1) is 18.4. The van der Waals surface area contributed by atoms with E-state index in [2.05, 4.69) is 21.2 Å². The van der Waals surface area contributed by atoms with E-state index in [1.54, 1.807) is 24.3 Å². The topological polar surface area (TPSA) is 50.8 Å². The third-order valence-electron chi connectivity index (χ3n) is 5.59. The molecule has 1 heterocycles. The van der Waals surface area contributed by atoms with Gasteiger partial charge in [-0.05, 0) is 70.4 Å². The van der Waals surface area contributed by atoms with Crippen LogP contribution in [0.2, 0.25) is 0 Å². The Hall–Kier alpha value is -2.83. The maximum absolute atomic E-state index is 12.3. The van der Waals surface area contributed by atoms with E-state index in [0.717, 1.165) is 16.7 Å². The van der Waals surface area contributed by atoms with Crippen molar-refractivity contribution < 1.29 is 22.5 Å². The second kappa shape index (κ2) is 12.8. The van der Waals surface area contributed by atoms with E-state index in [1.165, 1.54) is 4.90 Å². The molecule has 5 nitrogen and oxygen atoms in total. The van der Waals surface area contributed by atoms with Crippen LogP contribution in [-0.4, -0.2) is 31.7 Å². The molecule has 4 rings (SSSR count). The number of carbonyl (C=O) groups excluding carboxylic acids is 1. The molecule has 6 heteroatoms. The summed E-state index contributed by atoms with van der Waals surface area (Å²) in [6.07, 6.45) is -2.60. The monoisotopic (exact) mass is 542 g/mol. The van der Waals surface area contributed by atoms with Gasteiger partial charge in [0, 0.05) is 35.6 Å². The first-order valence-electron chi connectivity index (χ1n) is 14.6. The van der Waals surface area contributed by atoms with Gasteiger partial charge in [-0.25, -0.2) is 4.79 Å². The molecule has 0 fully saturated rings. The van der Waals surface area contributed by atoms with Gasteiger partial charge in [0.25, 0.3) is 0 Å². The van der Waals surface area contributed by atoms with Crippen molar-refractivity contribution in [2.75, 3.05) is 24.5 Å². The SMILES string of the molecule is [2H]C([2H])(OCc1ccccc1)C([2H])([2H])C([2H])([2H])N1CCc2cc(C[C@@H](C)NC(=O)OCc3ccccc3)cc(Br)c21. The Labute approximate surface area is 225 Å². The van der Waals surface area contributed by atoms with E-state index in [4.69, 9.17) is 17.7 Å². The van der Waals surface area contributed by atoms with Crippen LogP contribution in [0.15, 0.2) is 77.3 Å². The lowest BCUT2D eigenvalue weighted by molar-refractivity contribution is 0.119. The summed E-state index contributed by atoms with van der Waals surface area (Å²) >= 11 is 3.53. The van der Waals surface area contributed by atoms with Gasteiger partial charge in [-0.2, -0.15) is 0 Å². The fraction of sp³-hybridized carbons (Fsp3) is 0.345. The van der Waals surface area contributed by atoms with Crippen LogP contribution in [-0.2, 0) is 35.5 Å². The molecule has 0 aliphatic carbocycles. The van der Waals surface area contributed by atoms with E-state index >= 15 is 0 Å². The van der Waals surface area contributed by atoms with Crippen molar-refractivity contribution in [2.45, 2.75) is 45.4 Å². The van der Waals surface area contributed by atoms with Crippen LogP contribution in [0.1, 0.15) is 43.8 Å². The van der Waals surface area contributed by atoms with Crippen LogP contribution in [0, 0.1) is 0 Å². The number of ether oxygens (including phenoxy) is 2. The largest absolute Gasteiger partial charge is 0.445 e. The summed E-state index contributed by atoms with van der Waals surface area (Å²) in [6, 6.07) is 21.7. The number of halogens is 1. The van der Waals surface area contributed by atoms with Crippen molar-refractivity contribution in [3.8, 4) is 0 Å². The molecule has 1 aliphatic rings. The number of benzene rings is 3. The first-order chi connectivity index (χ1) is 19.3. The molecule has 3 aromatic carbocycles. The predicted octanol–water partition coefficient (Wildman–Crippen LogP) is 6.28. The summed E-state index contributed by atoms with van der Waals surface area (Å²) in [7, 11) is 0. The van der Waals surface area contributed by atoms with Crippen LogP contribution >= 0.6 is 15.9 Å². The van der Waals surface area contributed by atoms with Gasteiger partial charge < -0.3 is 19.7 Å². The summed E-state index contributed by atoms with van der Waals surface area (Å²) in [5.41, 5.74) is 3.73. The molecule has 0 saturated heterocycles. The van der Waals surface area contributed by atoms with Crippen molar-refractivity contribution in [1.82, 2.24) is 5.32 Å². The van der Waals surface area contributed by atoms with Crippen LogP contribution in [0.3, 0.4) is 0 Å². The molecule has 0 saturated carbocycles. The Morgan fingerprint density at radius 3 is 2.46 bits per heavy atom. The standard InChI is InChI=1S/C29H33BrN2O3/c1-22(31-29(33)35-21-24-11-6-3-7-12-24)17-25-18-26-13-15-32(28(26)27(30)19-25)14-8-16-34-20-23-9-4-2-5-10-23/h2-7,9-12,18-19,22H,8,13-17,20-21H2,1H3,(H,31,33)/t22-/m1/s1/i8D2,14D2,16D2. The lowest BCUT2D eigenvalue weighted by atomic mass is 10.0. The molecule has 1 N–H and O–H groups in total. The molecule has 0 spiro atoms. The number of carbonyl (C=O) groups is 1. The molecule has 1 atom stereocenters. The number of hydrogen-bond acceptors (Lipinski definition) is 4. The van der Waals surface area contributed by atoms with Crippen LogP contribution in [0.5, 0.6) is 0 Å². The number of nitrogens with zero attached hydrogens (tertiary/aromatic N) is 1. The zero-order chi connectivity index (χ0) is 29.8. The summed E-state index contributed by atoms with van der Waals surface area (Å²) in [5, 5.41) is 2.83. The summed E-state index contributed by atoms with van der Waals surface area (Å²) in [5.74, 6) is 0. The van der Waals surface area contributed by atoms with Gasteiger partial charge in [-0.1, -0.05) is 66.7 Å². The van der Waals surface area contributed by atoms with Crippen LogP contribution < -0.4 is 10.2 Å². The minimum atomic E-state index is -3.02. The van der Waals surface area contributed by atoms with Gasteiger partial charge in [0.05, 0.1) is 15.0 Å². The summed E-state index contributed by atoms with van der Waals surface area (Å²) < 4.78 is 62.4. The quantitative estimate of drug-likeness (QED) is 0.310. The Morgan fingerprint density at radius 2 is 1.74 bits per heavy atom. The van der Waals surface area contributed by atoms with Gasteiger partial charge in [-0.3, -0.25) is 0 Å². The second-order valence-electron chi connectivity index (χ2n) is 8.41. The first-order valence-corrected chi connectivity index (χ1v) is 12.3. The van der Waals surface area contributed by atoms with Crippen molar-refractivity contribution in [2.24, 2.45) is 0 Å². The zero-order valence-electron chi connectivity index (χ0n) is 25.6. The van der Waals surface area contributed by atoms with Crippen molar-refractivity contribution in [1.29, 1.82) is 0 Å². The van der Waals surface area contributed by atoms with E-state index in [0.29, 0.717) is 28.6 Å². The number of amides is 1. The van der Waals surface area contributed by atoms with Gasteiger partial charge in [0.15, 0.2) is 0 Å². The van der Waals surface area contributed by atoms with Gasteiger partial charge >= 0.3 is 6.09 Å². The summed E-state index contributed by atoms with van der Waals surface area (Å²) in [6.45, 7) is -3.65. The Bertz CT molecular complexity index is 1350. The molecular weight excluding hydrogens is 504 g/mol. The molecule has 0 bridgehead atoms. The van der Waals surface area contributed by atoms with Crippen molar-refractivity contribution >= 4 is 27.7 Å². The molecule has 1 aliphatic heterocycles. The highest BCUT2D eigenvalue weighted by Gasteiger charge is 2.23. The predicted molar refractivity (Wildman–Crippen MR) is 144 cm³/mol. The normalized spacial score (nSPS) is 17.1. The van der Waals surface area contributed by atoms with E-state index in [-0.39, 0.29) is 25.8 Å². The number of hydrogen-bond donors (Lipinski definition) is 1. The highest BCUT2D eigenvalue weighted by molar-refractivity contribution is 9.10. The maximum atomic E-state index is 12.3. The third-order valence-corrected chi connectivity index (χ3v) is 6.20. The number of rotatable bonds is 11. The summed E-state index contributed by atoms with van der Waals surface area (Å²) in [4.78, 5) is 13.5. The van der Waals surface area contributed by atoms with E-state index < -0.39 is 25.5 Å². The Balaban J connectivity index is 1.42. The lowest BCUT2D eigenvalue weighted by Crippen LogP contribution is -2.34. The van der Waals surface area contributed by atoms with Gasteiger partial charge in [-0.15, -0.1) is 0 Å². The lowest BCUT2D eigenvalue weighted by Gasteiger charge is -2.21. The third kappa shape index (κ3) is 7.58. The zero-order valence-corrected chi connectivity index (χ0v) is 21.2. The van der Waals surface area contributed by atoms with E-state index in [9.17, 15) is 4.79 Å². The number of nitrogens with one attached hydrogen (secondary N) is 1. The maximum Gasteiger partial charge on any atom is 0.407 e. The van der Waals surface area contributed by atoms with Crippen LogP contribution in [0.25, 0.3) is 0 Å². The molecule has 0 unspecified atom stereocenters. The smallest absolute Gasteiger partial charge is 0.407 e. The highest BCUT2D eigenvalue weighted by atomic mass is 79.9. The van der Waals surface area contributed by atoms with E-state index in [1.807, 2.05) is 55.5 Å². The van der Waals surface area contributed by atoms with Crippen molar-refractivity contribution in [3.05, 3.63) is 99.5 Å². The fourth-order valence-electron chi connectivity index (χ4n) is 3.98. The molecule has 35 heavy (non-hydrogen) atoms. The minimum absolute atomic E-state index is 0.165. The van der Waals surface area contributed by atoms with Crippen molar-refractivity contribution in [3.63, 3.8) is 0 Å². The average Bonchev–Trinajstić information content (AvgIpc) is 3.37. The fourth-order valence-corrected chi connectivity index (χ4v) is 4.74. The molecular formula is C29H33BrN2O3. The average molecular weight is 544 g/mol. The molecule has 0 aromatic heterocycles.